The molecule has 0 saturated carbocycles. The lowest BCUT2D eigenvalue weighted by molar-refractivity contribution is -0.318. The van der Waals surface area contributed by atoms with E-state index in [-0.39, 0.29) is 28.6 Å². The molecule has 2 aromatic carbocycles. The van der Waals surface area contributed by atoms with Crippen molar-refractivity contribution in [1.82, 2.24) is 0 Å². The molecule has 4 rings (SSSR count). The maximum atomic E-state index is 12.9. The molecule has 15 heteroatoms. The molecule has 0 bridgehead atoms. The number of hydrogen-bond donors (Lipinski definition) is 8. The standard InChI is InChI=1S/C29H36O15/c1-12-22(33)24(35)26(37)28(42-12)41-11-20-23(34)25(36)27(38)29(44-20)43-14-9-17(32)21(19(10-14)40-3)15(30)6-4-13-5-7-18(39-2)16(31)8-13/h4-10,12,20,22-29,31-38H,11H2,1-3H3/b6-4+/t12-,20+,22-,23+,24-,25-,26+,27+,28-,29+/m1/s1. The van der Waals surface area contributed by atoms with E-state index in [1.807, 2.05) is 0 Å². The lowest BCUT2D eigenvalue weighted by Crippen LogP contribution is -2.61. The zero-order valence-electron chi connectivity index (χ0n) is 24.0. The second kappa shape index (κ2) is 14.1. The monoisotopic (exact) mass is 624 g/mol. The van der Waals surface area contributed by atoms with Gasteiger partial charge in [0.25, 0.3) is 0 Å². The molecular weight excluding hydrogens is 588 g/mol. The molecule has 0 aliphatic carbocycles. The Kier molecular flexibility index (Phi) is 10.7. The van der Waals surface area contributed by atoms with Gasteiger partial charge in [-0.1, -0.05) is 12.1 Å². The molecule has 15 nitrogen and oxygen atoms in total. The van der Waals surface area contributed by atoms with Gasteiger partial charge >= 0.3 is 0 Å². The third-order valence-corrected chi connectivity index (χ3v) is 7.31. The average molecular weight is 625 g/mol. The van der Waals surface area contributed by atoms with Crippen LogP contribution in [0.4, 0.5) is 0 Å². The highest BCUT2D eigenvalue weighted by atomic mass is 16.7. The predicted molar refractivity (Wildman–Crippen MR) is 148 cm³/mol. The van der Waals surface area contributed by atoms with Gasteiger partial charge < -0.3 is 69.3 Å². The Morgan fingerprint density at radius 1 is 0.795 bits per heavy atom. The fourth-order valence-corrected chi connectivity index (χ4v) is 4.75. The Bertz CT molecular complexity index is 1330. The summed E-state index contributed by atoms with van der Waals surface area (Å²) in [5, 5.41) is 82.0. The Labute approximate surface area is 251 Å². The van der Waals surface area contributed by atoms with Crippen LogP contribution < -0.4 is 14.2 Å². The van der Waals surface area contributed by atoms with Crippen LogP contribution in [0.5, 0.6) is 28.7 Å². The maximum Gasteiger partial charge on any atom is 0.229 e. The van der Waals surface area contributed by atoms with Crippen molar-refractivity contribution in [2.24, 2.45) is 0 Å². The fourth-order valence-electron chi connectivity index (χ4n) is 4.75. The van der Waals surface area contributed by atoms with Crippen molar-refractivity contribution < 1.29 is 74.1 Å². The lowest BCUT2D eigenvalue weighted by atomic mass is 9.98. The first-order chi connectivity index (χ1) is 20.9. The summed E-state index contributed by atoms with van der Waals surface area (Å²) in [6.07, 6.45) is -12.4. The van der Waals surface area contributed by atoms with Crippen LogP contribution >= 0.6 is 0 Å². The van der Waals surface area contributed by atoms with Gasteiger partial charge in [-0.15, -0.1) is 0 Å². The summed E-state index contributed by atoms with van der Waals surface area (Å²) < 4.78 is 32.3. The molecule has 242 valence electrons. The normalized spacial score (nSPS) is 32.4. The molecule has 2 aromatic rings. The first-order valence-corrected chi connectivity index (χ1v) is 13.5. The zero-order chi connectivity index (χ0) is 32.3. The van der Waals surface area contributed by atoms with Crippen molar-refractivity contribution in [2.45, 2.75) is 68.3 Å². The number of carbonyl (C=O) groups is 1. The summed E-state index contributed by atoms with van der Waals surface area (Å²) in [4.78, 5) is 12.9. The topological polar surface area (TPSA) is 234 Å². The van der Waals surface area contributed by atoms with E-state index in [2.05, 4.69) is 0 Å². The number of benzene rings is 2. The minimum absolute atomic E-state index is 0.101. The molecule has 2 heterocycles. The van der Waals surface area contributed by atoms with E-state index in [9.17, 15) is 45.6 Å². The number of phenolic OH excluding ortho intramolecular Hbond substituents is 2. The Hall–Kier alpha value is -3.51. The number of allylic oxidation sites excluding steroid dienone is 1. The van der Waals surface area contributed by atoms with Crippen molar-refractivity contribution in [3.8, 4) is 28.7 Å². The summed E-state index contributed by atoms with van der Waals surface area (Å²) in [7, 11) is 2.65. The van der Waals surface area contributed by atoms with E-state index in [1.54, 1.807) is 6.07 Å². The van der Waals surface area contributed by atoms with E-state index < -0.39 is 79.6 Å². The van der Waals surface area contributed by atoms with Crippen LogP contribution in [-0.4, -0.2) is 129 Å². The SMILES string of the molecule is COc1ccc(/C=C/C(=O)c2c(O)cc(O[C@H]3O[C@@H](CO[C@@H]4O[C@H](C)[C@@H](O)[C@@H](O)[C@@H]4O)[C@H](O)[C@@H](O)[C@@H]3O)cc2OC)cc1O. The largest absolute Gasteiger partial charge is 0.507 e. The van der Waals surface area contributed by atoms with E-state index in [0.29, 0.717) is 5.56 Å². The molecule has 2 fully saturated rings. The first-order valence-electron chi connectivity index (χ1n) is 13.5. The molecule has 2 aliphatic rings. The highest BCUT2D eigenvalue weighted by Gasteiger charge is 2.47. The van der Waals surface area contributed by atoms with Crippen LogP contribution in [0.15, 0.2) is 36.4 Å². The number of phenols is 2. The number of ether oxygens (including phenoxy) is 6. The van der Waals surface area contributed by atoms with Gasteiger partial charge in [-0.3, -0.25) is 4.79 Å². The molecule has 2 saturated heterocycles. The molecule has 0 amide bonds. The average Bonchev–Trinajstić information content (AvgIpc) is 3.00. The molecule has 8 N–H and O–H groups in total. The van der Waals surface area contributed by atoms with Gasteiger partial charge in [-0.25, -0.2) is 0 Å². The van der Waals surface area contributed by atoms with E-state index in [0.717, 1.165) is 12.1 Å². The predicted octanol–water partition coefficient (Wildman–Crippen LogP) is -0.958. The number of ketones is 1. The third kappa shape index (κ3) is 7.07. The van der Waals surface area contributed by atoms with Crippen molar-refractivity contribution in [1.29, 1.82) is 0 Å². The zero-order valence-corrected chi connectivity index (χ0v) is 24.0. The number of aromatic hydroxyl groups is 2. The molecule has 10 atom stereocenters. The Morgan fingerprint density at radius 3 is 2.11 bits per heavy atom. The van der Waals surface area contributed by atoms with E-state index in [1.165, 1.54) is 45.4 Å². The van der Waals surface area contributed by atoms with Gasteiger partial charge in [0.2, 0.25) is 6.29 Å². The molecule has 2 aliphatic heterocycles. The molecule has 0 aromatic heterocycles. The van der Waals surface area contributed by atoms with Crippen LogP contribution in [0.2, 0.25) is 0 Å². The smallest absolute Gasteiger partial charge is 0.229 e. The van der Waals surface area contributed by atoms with Gasteiger partial charge in [0.15, 0.2) is 23.6 Å². The summed E-state index contributed by atoms with van der Waals surface area (Å²) in [6, 6.07) is 6.80. The van der Waals surface area contributed by atoms with Gasteiger partial charge in [0.05, 0.1) is 26.9 Å². The van der Waals surface area contributed by atoms with Gasteiger partial charge in [0, 0.05) is 12.1 Å². The quantitative estimate of drug-likeness (QED) is 0.117. The van der Waals surface area contributed by atoms with E-state index in [4.69, 9.17) is 28.4 Å². The van der Waals surface area contributed by atoms with Crippen LogP contribution in [-0.2, 0) is 14.2 Å². The number of aliphatic hydroxyl groups excluding tert-OH is 6. The fraction of sp³-hybridized carbons (Fsp3) is 0.483. The van der Waals surface area contributed by atoms with Crippen LogP contribution in [0, 0.1) is 0 Å². The molecule has 44 heavy (non-hydrogen) atoms. The summed E-state index contributed by atoms with van der Waals surface area (Å²) >= 11 is 0. The van der Waals surface area contributed by atoms with Gasteiger partial charge in [0.1, 0.15) is 65.5 Å². The van der Waals surface area contributed by atoms with Crippen molar-refractivity contribution in [2.75, 3.05) is 20.8 Å². The summed E-state index contributed by atoms with van der Waals surface area (Å²) in [5.41, 5.74) is 0.263. The van der Waals surface area contributed by atoms with Crippen LogP contribution in [0.3, 0.4) is 0 Å². The Balaban J connectivity index is 1.46. The molecule has 0 radical (unpaired) electrons. The van der Waals surface area contributed by atoms with Gasteiger partial charge in [-0.2, -0.15) is 0 Å². The number of carbonyl (C=O) groups excluding carboxylic acids is 1. The second-order valence-corrected chi connectivity index (χ2v) is 10.3. The van der Waals surface area contributed by atoms with E-state index >= 15 is 0 Å². The first kappa shape index (κ1) is 33.4. The number of methoxy groups -OCH3 is 2. The molecule has 0 spiro atoms. The van der Waals surface area contributed by atoms with Crippen molar-refractivity contribution in [3.63, 3.8) is 0 Å². The number of hydrogen-bond acceptors (Lipinski definition) is 15. The number of aliphatic hydroxyl groups is 6. The summed E-state index contributed by atoms with van der Waals surface area (Å²) in [5.74, 6) is -1.31. The highest BCUT2D eigenvalue weighted by Crippen LogP contribution is 2.36. The molecular formula is C29H36O15. The number of rotatable bonds is 10. The second-order valence-electron chi connectivity index (χ2n) is 10.3. The van der Waals surface area contributed by atoms with Gasteiger partial charge in [-0.05, 0) is 30.7 Å². The van der Waals surface area contributed by atoms with Crippen LogP contribution in [0.1, 0.15) is 22.8 Å². The minimum atomic E-state index is -1.77. The van der Waals surface area contributed by atoms with Crippen LogP contribution in [0.25, 0.3) is 6.08 Å². The molecule has 0 unspecified atom stereocenters. The Morgan fingerprint density at radius 2 is 1.45 bits per heavy atom. The minimum Gasteiger partial charge on any atom is -0.507 e. The summed E-state index contributed by atoms with van der Waals surface area (Å²) in [6.45, 7) is 0.958. The third-order valence-electron chi connectivity index (χ3n) is 7.31. The lowest BCUT2D eigenvalue weighted by Gasteiger charge is -2.42. The van der Waals surface area contributed by atoms with Crippen molar-refractivity contribution >= 4 is 11.9 Å². The maximum absolute atomic E-state index is 12.9. The van der Waals surface area contributed by atoms with Crippen molar-refractivity contribution in [3.05, 3.63) is 47.5 Å². The highest BCUT2D eigenvalue weighted by molar-refractivity contribution is 6.10.